The van der Waals surface area contributed by atoms with Crippen LogP contribution >= 0.6 is 0 Å². The zero-order valence-corrected chi connectivity index (χ0v) is 13.8. The van der Waals surface area contributed by atoms with Crippen LogP contribution in [0.15, 0.2) is 23.1 Å². The first-order valence-electron chi connectivity index (χ1n) is 7.18. The Kier molecular flexibility index (Phi) is 5.80. The number of hydrogen-bond acceptors (Lipinski definition) is 3. The Morgan fingerprint density at radius 2 is 1.79 bits per heavy atom. The Morgan fingerprint density at radius 1 is 1.21 bits per heavy atom. The third-order valence-electron chi connectivity index (χ3n) is 2.89. The lowest BCUT2D eigenvalue weighted by Gasteiger charge is -2.23. The Bertz CT molecular complexity index is 675. The molecule has 0 aliphatic rings. The zero-order chi connectivity index (χ0) is 18.7. The number of aromatic nitrogens is 1. The highest BCUT2D eigenvalue weighted by Gasteiger charge is 2.31. The molecular weight excluding hydrogens is 327 g/mol. The van der Waals surface area contributed by atoms with E-state index in [1.54, 1.807) is 20.8 Å². The maximum atomic E-state index is 12.6. The van der Waals surface area contributed by atoms with Crippen LogP contribution in [0.25, 0.3) is 0 Å². The topological polar surface area (TPSA) is 80.2 Å². The number of hydrogen-bond donors (Lipinski definition) is 2. The molecule has 1 rings (SSSR count). The van der Waals surface area contributed by atoms with Crippen molar-refractivity contribution in [1.29, 1.82) is 0 Å². The Balaban J connectivity index is 2.78. The van der Waals surface area contributed by atoms with Crippen molar-refractivity contribution in [2.24, 2.45) is 0 Å². The number of alkyl halides is 3. The molecule has 1 aromatic rings. The van der Waals surface area contributed by atoms with Gasteiger partial charge in [-0.25, -0.2) is 0 Å². The molecular formula is C15H20F3N3O3. The molecule has 0 aliphatic heterocycles. The summed E-state index contributed by atoms with van der Waals surface area (Å²) in [6, 6.07) is 0.500. The average molecular weight is 347 g/mol. The highest BCUT2D eigenvalue weighted by atomic mass is 19.4. The van der Waals surface area contributed by atoms with Crippen LogP contribution in [0.5, 0.6) is 0 Å². The smallest absolute Gasteiger partial charge is 0.350 e. The van der Waals surface area contributed by atoms with Gasteiger partial charge in [0.05, 0.1) is 5.56 Å². The van der Waals surface area contributed by atoms with E-state index in [0.29, 0.717) is 16.8 Å². The second kappa shape index (κ2) is 7.06. The number of nitrogens with one attached hydrogen (secondary N) is 2. The van der Waals surface area contributed by atoms with Crippen LogP contribution in [0, 0.1) is 0 Å². The Hall–Kier alpha value is -2.32. The summed E-state index contributed by atoms with van der Waals surface area (Å²) in [5.41, 5.74) is -2.27. The van der Waals surface area contributed by atoms with Crippen LogP contribution < -0.4 is 16.2 Å². The van der Waals surface area contributed by atoms with Crippen LogP contribution in [0.3, 0.4) is 0 Å². The van der Waals surface area contributed by atoms with Crippen LogP contribution in [-0.4, -0.2) is 28.0 Å². The first-order valence-corrected chi connectivity index (χ1v) is 7.18. The van der Waals surface area contributed by atoms with Crippen molar-refractivity contribution in [2.75, 3.05) is 0 Å². The molecule has 2 amide bonds. The molecule has 0 aliphatic carbocycles. The minimum atomic E-state index is -4.62. The average Bonchev–Trinajstić information content (AvgIpc) is 2.37. The van der Waals surface area contributed by atoms with Crippen molar-refractivity contribution in [3.05, 3.63) is 34.2 Å². The summed E-state index contributed by atoms with van der Waals surface area (Å²) in [5, 5.41) is 5.00. The summed E-state index contributed by atoms with van der Waals surface area (Å²) < 4.78 is 38.6. The summed E-state index contributed by atoms with van der Waals surface area (Å²) in [4.78, 5) is 35.3. The number of rotatable bonds is 4. The van der Waals surface area contributed by atoms with Gasteiger partial charge in [-0.05, 0) is 33.8 Å². The Morgan fingerprint density at radius 3 is 2.29 bits per heavy atom. The van der Waals surface area contributed by atoms with Crippen LogP contribution in [0.1, 0.15) is 33.3 Å². The minimum Gasteiger partial charge on any atom is -0.350 e. The summed E-state index contributed by atoms with van der Waals surface area (Å²) >= 11 is 0. The molecule has 0 fully saturated rings. The van der Waals surface area contributed by atoms with Crippen molar-refractivity contribution in [3.63, 3.8) is 0 Å². The van der Waals surface area contributed by atoms with Crippen LogP contribution in [0.4, 0.5) is 13.2 Å². The van der Waals surface area contributed by atoms with E-state index in [4.69, 9.17) is 0 Å². The third kappa shape index (κ3) is 6.05. The highest BCUT2D eigenvalue weighted by Crippen LogP contribution is 2.27. The lowest BCUT2D eigenvalue weighted by Crippen LogP contribution is -2.51. The molecule has 6 nitrogen and oxygen atoms in total. The summed E-state index contributed by atoms with van der Waals surface area (Å²) in [6.07, 6.45) is -4.05. The van der Waals surface area contributed by atoms with Crippen LogP contribution in [-0.2, 0) is 22.3 Å². The van der Waals surface area contributed by atoms with Gasteiger partial charge in [0.1, 0.15) is 12.6 Å². The van der Waals surface area contributed by atoms with Crippen molar-refractivity contribution < 1.29 is 22.8 Å². The van der Waals surface area contributed by atoms with Gasteiger partial charge in [-0.15, -0.1) is 0 Å². The molecule has 2 N–H and O–H groups in total. The summed E-state index contributed by atoms with van der Waals surface area (Å²) in [6.45, 7) is 6.12. The maximum Gasteiger partial charge on any atom is 0.417 e. The molecule has 1 heterocycles. The van der Waals surface area contributed by atoms with Crippen molar-refractivity contribution in [2.45, 2.75) is 52.0 Å². The molecule has 1 aromatic heterocycles. The maximum absolute atomic E-state index is 12.6. The van der Waals surface area contributed by atoms with Gasteiger partial charge in [-0.1, -0.05) is 0 Å². The van der Waals surface area contributed by atoms with Gasteiger partial charge in [0.15, 0.2) is 0 Å². The molecule has 0 saturated heterocycles. The number of pyridine rings is 1. The summed E-state index contributed by atoms with van der Waals surface area (Å²) in [5.74, 6) is -1.18. The predicted molar refractivity (Wildman–Crippen MR) is 81.2 cm³/mol. The number of carbonyl (C=O) groups is 2. The van der Waals surface area contributed by atoms with Crippen LogP contribution in [0.2, 0.25) is 0 Å². The lowest BCUT2D eigenvalue weighted by molar-refractivity contribution is -0.138. The fourth-order valence-electron chi connectivity index (χ4n) is 1.81. The van der Waals surface area contributed by atoms with Gasteiger partial charge in [-0.2, -0.15) is 13.2 Å². The van der Waals surface area contributed by atoms with Gasteiger partial charge in [-0.3, -0.25) is 14.4 Å². The molecule has 1 unspecified atom stereocenters. The van der Waals surface area contributed by atoms with Gasteiger partial charge < -0.3 is 15.2 Å². The predicted octanol–water partition coefficient (Wildman–Crippen LogP) is 1.29. The third-order valence-corrected chi connectivity index (χ3v) is 2.89. The molecule has 0 bridgehead atoms. The number of nitrogens with zero attached hydrogens (tertiary/aromatic N) is 1. The van der Waals surface area contributed by atoms with Gasteiger partial charge in [0.2, 0.25) is 11.8 Å². The molecule has 9 heteroatoms. The molecule has 0 spiro atoms. The summed E-state index contributed by atoms with van der Waals surface area (Å²) in [7, 11) is 0. The van der Waals surface area contributed by atoms with Crippen molar-refractivity contribution >= 4 is 11.8 Å². The van der Waals surface area contributed by atoms with Crippen molar-refractivity contribution in [3.8, 4) is 0 Å². The van der Waals surface area contributed by atoms with E-state index in [2.05, 4.69) is 10.6 Å². The van der Waals surface area contributed by atoms with E-state index in [1.807, 2.05) is 0 Å². The van der Waals surface area contributed by atoms with Gasteiger partial charge in [0, 0.05) is 17.8 Å². The van der Waals surface area contributed by atoms with E-state index in [0.717, 1.165) is 6.07 Å². The van der Waals surface area contributed by atoms with Gasteiger partial charge in [0.25, 0.3) is 5.56 Å². The molecule has 0 aromatic carbocycles. The standard InChI is InChI=1S/C15H20F3N3O3/c1-9(13(24)20-14(2,3)4)19-11(22)8-21-7-10(15(16,17)18)5-6-12(21)23/h5-7,9H,8H2,1-4H3,(H,19,22)(H,20,24). The molecule has 24 heavy (non-hydrogen) atoms. The van der Waals surface area contributed by atoms with E-state index >= 15 is 0 Å². The largest absolute Gasteiger partial charge is 0.417 e. The Labute approximate surface area is 137 Å². The van der Waals surface area contributed by atoms with E-state index < -0.39 is 47.2 Å². The quantitative estimate of drug-likeness (QED) is 0.861. The lowest BCUT2D eigenvalue weighted by atomic mass is 10.1. The first-order chi connectivity index (χ1) is 10.8. The highest BCUT2D eigenvalue weighted by molar-refractivity contribution is 5.87. The minimum absolute atomic E-state index is 0.438. The van der Waals surface area contributed by atoms with Gasteiger partial charge >= 0.3 is 6.18 Å². The monoisotopic (exact) mass is 347 g/mol. The number of amides is 2. The molecule has 0 radical (unpaired) electrons. The van der Waals surface area contributed by atoms with E-state index in [1.165, 1.54) is 6.92 Å². The fourth-order valence-corrected chi connectivity index (χ4v) is 1.81. The number of carbonyl (C=O) groups excluding carboxylic acids is 2. The molecule has 134 valence electrons. The number of halogens is 3. The van der Waals surface area contributed by atoms with E-state index in [9.17, 15) is 27.6 Å². The first kappa shape index (κ1) is 19.7. The second-order valence-corrected chi connectivity index (χ2v) is 6.41. The SMILES string of the molecule is CC(NC(=O)Cn1cc(C(F)(F)F)ccc1=O)C(=O)NC(C)(C)C. The van der Waals surface area contributed by atoms with E-state index in [-0.39, 0.29) is 0 Å². The fraction of sp³-hybridized carbons (Fsp3) is 0.533. The second-order valence-electron chi connectivity index (χ2n) is 6.41. The van der Waals surface area contributed by atoms with Crippen molar-refractivity contribution in [1.82, 2.24) is 15.2 Å². The molecule has 1 atom stereocenters. The normalized spacial score (nSPS) is 13.3. The zero-order valence-electron chi connectivity index (χ0n) is 13.8. The molecule has 0 saturated carbocycles.